The van der Waals surface area contributed by atoms with Crippen molar-refractivity contribution in [3.63, 3.8) is 0 Å². The molecule has 0 aromatic heterocycles. The number of alkyl halides is 1. The fourth-order valence-corrected chi connectivity index (χ4v) is 6.39. The van der Waals surface area contributed by atoms with Crippen molar-refractivity contribution in [1.29, 1.82) is 0 Å². The molecule has 4 fully saturated rings. The molecule has 20 heavy (non-hydrogen) atoms. The molecule has 0 aliphatic heterocycles. The van der Waals surface area contributed by atoms with E-state index in [4.69, 9.17) is 29.6 Å². The van der Waals surface area contributed by atoms with Gasteiger partial charge < -0.3 is 5.73 Å². The second-order valence-corrected chi connectivity index (χ2v) is 8.61. The topological polar surface area (TPSA) is 26.0 Å². The van der Waals surface area contributed by atoms with Gasteiger partial charge in [0.25, 0.3) is 0 Å². The maximum atomic E-state index is 6.92. The Bertz CT molecular complexity index is 584. The minimum Gasteiger partial charge on any atom is -0.393 e. The van der Waals surface area contributed by atoms with Crippen molar-refractivity contribution in [3.05, 3.63) is 35.9 Å². The molecule has 5 rings (SSSR count). The zero-order valence-electron chi connectivity index (χ0n) is 11.7. The van der Waals surface area contributed by atoms with Crippen LogP contribution in [-0.4, -0.2) is 9.86 Å². The highest BCUT2D eigenvalue weighted by Gasteiger charge is 2.72. The summed E-state index contributed by atoms with van der Waals surface area (Å²) in [7, 11) is 0. The predicted molar refractivity (Wildman–Crippen MR) is 87.0 cm³/mol. The van der Waals surface area contributed by atoms with E-state index >= 15 is 0 Å². The van der Waals surface area contributed by atoms with Gasteiger partial charge in [-0.2, -0.15) is 0 Å². The van der Waals surface area contributed by atoms with Gasteiger partial charge in [0, 0.05) is 10.3 Å². The van der Waals surface area contributed by atoms with Crippen LogP contribution in [0.15, 0.2) is 30.3 Å². The third kappa shape index (κ3) is 1.37. The monoisotopic (exact) mass is 305 g/mol. The first-order chi connectivity index (χ1) is 9.41. The van der Waals surface area contributed by atoms with Crippen LogP contribution in [0.25, 0.3) is 0 Å². The van der Waals surface area contributed by atoms with Crippen LogP contribution in [-0.2, 0) is 5.41 Å². The molecule has 0 spiro atoms. The molecule has 5 atom stereocenters. The number of thiocarbonyl (C=S) groups is 1. The lowest BCUT2D eigenvalue weighted by Gasteiger charge is -2.45. The van der Waals surface area contributed by atoms with Gasteiger partial charge in [-0.3, -0.25) is 0 Å². The Kier molecular flexibility index (Phi) is 2.47. The Morgan fingerprint density at radius 3 is 2.55 bits per heavy atom. The summed E-state index contributed by atoms with van der Waals surface area (Å²) in [6.07, 6.45) is 4.53. The standard InChI is InChI=1S/C17H20ClNS/c1-15(18)12-7-16(11-5-3-2-4-6-11)9-13(15)17(8-12,10-16)14(19)20/h2-6,12-13H,7-10H2,1H3,(H2,19,20). The lowest BCUT2D eigenvalue weighted by Crippen LogP contribution is -2.42. The third-order valence-electron chi connectivity index (χ3n) is 6.52. The fourth-order valence-electron chi connectivity index (χ4n) is 5.65. The largest absolute Gasteiger partial charge is 0.393 e. The predicted octanol–water partition coefficient (Wildman–Crippen LogP) is 4.03. The third-order valence-corrected chi connectivity index (χ3v) is 7.50. The molecule has 4 aliphatic carbocycles. The van der Waals surface area contributed by atoms with Gasteiger partial charge in [0.2, 0.25) is 0 Å². The van der Waals surface area contributed by atoms with E-state index in [1.165, 1.54) is 12.0 Å². The highest BCUT2D eigenvalue weighted by atomic mass is 35.5. The van der Waals surface area contributed by atoms with Crippen LogP contribution < -0.4 is 5.73 Å². The Morgan fingerprint density at radius 2 is 1.95 bits per heavy atom. The van der Waals surface area contributed by atoms with Crippen LogP contribution in [0.5, 0.6) is 0 Å². The zero-order valence-corrected chi connectivity index (χ0v) is 13.3. The summed E-state index contributed by atoms with van der Waals surface area (Å²) in [5.74, 6) is 0.978. The lowest BCUT2D eigenvalue weighted by atomic mass is 9.62. The van der Waals surface area contributed by atoms with Crippen LogP contribution in [0, 0.1) is 17.3 Å². The minimum atomic E-state index is -0.127. The molecule has 0 amide bonds. The quantitative estimate of drug-likeness (QED) is 0.659. The van der Waals surface area contributed by atoms with Crippen LogP contribution in [0.2, 0.25) is 0 Å². The molecule has 4 aliphatic rings. The normalized spacial score (nSPS) is 48.7. The molecule has 0 radical (unpaired) electrons. The number of benzene rings is 1. The first-order valence-electron chi connectivity index (χ1n) is 7.45. The Hall–Kier alpha value is -0.600. The molecular weight excluding hydrogens is 286 g/mol. The summed E-state index contributed by atoms with van der Waals surface area (Å²) in [6.45, 7) is 2.21. The Labute approximate surface area is 130 Å². The van der Waals surface area contributed by atoms with E-state index < -0.39 is 0 Å². The number of hydrogen-bond acceptors (Lipinski definition) is 1. The van der Waals surface area contributed by atoms with Gasteiger partial charge in [0.05, 0.1) is 4.99 Å². The summed E-state index contributed by atoms with van der Waals surface area (Å²) in [5, 5.41) is 0. The number of hydrogen-bond donors (Lipinski definition) is 1. The van der Waals surface area contributed by atoms with Gasteiger partial charge in [0.1, 0.15) is 0 Å². The average Bonchev–Trinajstić information content (AvgIpc) is 2.77. The SMILES string of the molecule is CC1(Cl)C2CC3(c4ccccc4)CC1C(C(N)=S)(C2)C3. The zero-order chi connectivity index (χ0) is 14.2. The molecular formula is C17H20ClNS. The van der Waals surface area contributed by atoms with E-state index in [0.717, 1.165) is 19.3 Å². The minimum absolute atomic E-state index is 0.00455. The molecule has 2 N–H and O–H groups in total. The number of nitrogens with two attached hydrogens (primary N) is 1. The first kappa shape index (κ1) is 13.1. The molecule has 1 nitrogen and oxygen atoms in total. The number of halogens is 1. The van der Waals surface area contributed by atoms with Crippen molar-refractivity contribution in [2.24, 2.45) is 23.0 Å². The van der Waals surface area contributed by atoms with Crippen molar-refractivity contribution in [1.82, 2.24) is 0 Å². The molecule has 106 valence electrons. The van der Waals surface area contributed by atoms with Crippen molar-refractivity contribution >= 4 is 28.8 Å². The molecule has 5 unspecified atom stereocenters. The second-order valence-electron chi connectivity index (χ2n) is 7.36. The van der Waals surface area contributed by atoms with E-state index in [0.29, 0.717) is 16.8 Å². The Balaban J connectivity index is 1.85. The highest BCUT2D eigenvalue weighted by molar-refractivity contribution is 7.80. The van der Waals surface area contributed by atoms with Crippen molar-refractivity contribution < 1.29 is 0 Å². The highest BCUT2D eigenvalue weighted by Crippen LogP contribution is 2.75. The van der Waals surface area contributed by atoms with Crippen LogP contribution in [0.3, 0.4) is 0 Å². The molecule has 4 saturated carbocycles. The van der Waals surface area contributed by atoms with Crippen LogP contribution in [0.4, 0.5) is 0 Å². The van der Waals surface area contributed by atoms with Gasteiger partial charge in [0.15, 0.2) is 0 Å². The number of rotatable bonds is 2. The lowest BCUT2D eigenvalue weighted by molar-refractivity contribution is 0.189. The molecule has 1 aromatic rings. The van der Waals surface area contributed by atoms with E-state index in [9.17, 15) is 0 Å². The van der Waals surface area contributed by atoms with E-state index in [-0.39, 0.29) is 15.7 Å². The molecule has 4 bridgehead atoms. The van der Waals surface area contributed by atoms with E-state index in [1.807, 2.05) is 0 Å². The summed E-state index contributed by atoms with van der Waals surface area (Å²) in [6, 6.07) is 10.9. The molecule has 0 saturated heterocycles. The van der Waals surface area contributed by atoms with Crippen LogP contribution >= 0.6 is 23.8 Å². The maximum absolute atomic E-state index is 6.92. The van der Waals surface area contributed by atoms with Gasteiger partial charge in [-0.25, -0.2) is 0 Å². The van der Waals surface area contributed by atoms with Crippen molar-refractivity contribution in [2.75, 3.05) is 0 Å². The molecule has 0 heterocycles. The van der Waals surface area contributed by atoms with Crippen molar-refractivity contribution in [2.45, 2.75) is 42.9 Å². The van der Waals surface area contributed by atoms with E-state index in [2.05, 4.69) is 37.3 Å². The molecule has 3 heteroatoms. The fraction of sp³-hybridized carbons (Fsp3) is 0.588. The Morgan fingerprint density at radius 1 is 1.25 bits per heavy atom. The van der Waals surface area contributed by atoms with Gasteiger partial charge >= 0.3 is 0 Å². The first-order valence-corrected chi connectivity index (χ1v) is 8.24. The van der Waals surface area contributed by atoms with Gasteiger partial charge in [-0.15, -0.1) is 11.6 Å². The average molecular weight is 306 g/mol. The summed E-state index contributed by atoms with van der Waals surface area (Å²) in [4.78, 5) is 0.576. The van der Waals surface area contributed by atoms with Crippen LogP contribution in [0.1, 0.15) is 38.2 Å². The molecule has 1 aromatic carbocycles. The van der Waals surface area contributed by atoms with Crippen molar-refractivity contribution in [3.8, 4) is 0 Å². The summed E-state index contributed by atoms with van der Waals surface area (Å²) in [5.41, 5.74) is 7.91. The maximum Gasteiger partial charge on any atom is 0.0793 e. The van der Waals surface area contributed by atoms with Gasteiger partial charge in [-0.1, -0.05) is 42.5 Å². The second kappa shape index (κ2) is 3.78. The smallest absolute Gasteiger partial charge is 0.0793 e. The summed E-state index contributed by atoms with van der Waals surface area (Å²) < 4.78 is 0. The van der Waals surface area contributed by atoms with E-state index in [1.54, 1.807) is 0 Å². The summed E-state index contributed by atoms with van der Waals surface area (Å²) >= 11 is 12.4. The van der Waals surface area contributed by atoms with Gasteiger partial charge in [-0.05, 0) is 55.4 Å².